The molecule has 8 heteroatoms. The Labute approximate surface area is 199 Å². The van der Waals surface area contributed by atoms with Crippen molar-refractivity contribution in [2.45, 2.75) is 39.7 Å². The van der Waals surface area contributed by atoms with Gasteiger partial charge in [-0.25, -0.2) is 9.78 Å². The van der Waals surface area contributed by atoms with Gasteiger partial charge in [0.1, 0.15) is 11.9 Å². The molecule has 7 nitrogen and oxygen atoms in total. The lowest BCUT2D eigenvalue weighted by Crippen LogP contribution is -2.22. The van der Waals surface area contributed by atoms with Gasteiger partial charge in [-0.15, -0.1) is 0 Å². The standard InChI is InChI=1S/C25H25BrN4O3/c1-4-8-23-28-21-12-11-18(26)13-20(21)24(31)30(23)27-14-17-15-29(16(3)25(32)33-5-2)22-10-7-6-9-19(17)22/h6-7,9-16H,4-5,8H2,1-3H3/t16-/m1/s1. The van der Waals surface area contributed by atoms with E-state index in [1.807, 2.05) is 54.1 Å². The first kappa shape index (κ1) is 22.9. The first-order chi connectivity index (χ1) is 15.9. The molecule has 0 saturated carbocycles. The Balaban J connectivity index is 1.83. The summed E-state index contributed by atoms with van der Waals surface area (Å²) in [4.78, 5) is 30.3. The van der Waals surface area contributed by atoms with Gasteiger partial charge in [-0.3, -0.25) is 4.79 Å². The summed E-state index contributed by atoms with van der Waals surface area (Å²) >= 11 is 3.43. The maximum Gasteiger partial charge on any atom is 0.328 e. The molecule has 2 heterocycles. The minimum absolute atomic E-state index is 0.218. The molecule has 2 aromatic heterocycles. The molecule has 4 aromatic rings. The smallest absolute Gasteiger partial charge is 0.328 e. The molecular formula is C25H25BrN4O3. The predicted molar refractivity (Wildman–Crippen MR) is 134 cm³/mol. The number of halogens is 1. The van der Waals surface area contributed by atoms with Gasteiger partial charge in [0.15, 0.2) is 0 Å². The number of carbonyl (C=O) groups excluding carboxylic acids is 1. The molecule has 0 aliphatic rings. The quantitative estimate of drug-likeness (QED) is 0.257. The number of fused-ring (bicyclic) bond motifs is 2. The van der Waals surface area contributed by atoms with Crippen LogP contribution >= 0.6 is 15.9 Å². The Hall–Kier alpha value is -3.26. The fourth-order valence-corrected chi connectivity index (χ4v) is 4.21. The van der Waals surface area contributed by atoms with E-state index in [0.717, 1.165) is 27.4 Å². The highest BCUT2D eigenvalue weighted by Gasteiger charge is 2.19. The van der Waals surface area contributed by atoms with Gasteiger partial charge >= 0.3 is 5.97 Å². The van der Waals surface area contributed by atoms with Gasteiger partial charge < -0.3 is 9.30 Å². The Morgan fingerprint density at radius 1 is 1.21 bits per heavy atom. The number of esters is 1. The zero-order valence-electron chi connectivity index (χ0n) is 18.8. The molecule has 2 aromatic carbocycles. The number of benzene rings is 2. The lowest BCUT2D eigenvalue weighted by atomic mass is 10.2. The lowest BCUT2D eigenvalue weighted by Gasteiger charge is -2.13. The van der Waals surface area contributed by atoms with Crippen LogP contribution in [0.25, 0.3) is 21.8 Å². The summed E-state index contributed by atoms with van der Waals surface area (Å²) in [6.45, 7) is 5.96. The minimum Gasteiger partial charge on any atom is -0.464 e. The minimum atomic E-state index is -0.491. The van der Waals surface area contributed by atoms with Crippen LogP contribution in [0.2, 0.25) is 0 Å². The van der Waals surface area contributed by atoms with Crippen molar-refractivity contribution in [3.05, 3.63) is 74.9 Å². The summed E-state index contributed by atoms with van der Waals surface area (Å²) in [5.74, 6) is 0.310. The highest BCUT2D eigenvalue weighted by atomic mass is 79.9. The molecule has 4 rings (SSSR count). The number of carbonyl (C=O) groups is 1. The van der Waals surface area contributed by atoms with Crippen LogP contribution in [-0.2, 0) is 16.0 Å². The lowest BCUT2D eigenvalue weighted by molar-refractivity contribution is -0.146. The molecule has 0 bridgehead atoms. The molecule has 0 fully saturated rings. The van der Waals surface area contributed by atoms with Gasteiger partial charge in [0, 0.05) is 33.6 Å². The molecule has 170 valence electrons. The van der Waals surface area contributed by atoms with E-state index < -0.39 is 6.04 Å². The van der Waals surface area contributed by atoms with Crippen LogP contribution in [-0.4, -0.2) is 33.0 Å². The van der Waals surface area contributed by atoms with Crippen LogP contribution in [0.4, 0.5) is 0 Å². The van der Waals surface area contributed by atoms with E-state index in [2.05, 4.69) is 26.0 Å². The Morgan fingerprint density at radius 3 is 2.76 bits per heavy atom. The third kappa shape index (κ3) is 4.48. The van der Waals surface area contributed by atoms with Crippen LogP contribution in [0.15, 0.2) is 63.0 Å². The van der Waals surface area contributed by atoms with Gasteiger partial charge in [-0.2, -0.15) is 9.78 Å². The number of rotatable bonds is 7. The molecule has 0 saturated heterocycles. The summed E-state index contributed by atoms with van der Waals surface area (Å²) in [5, 5.41) is 5.98. The number of hydrogen-bond acceptors (Lipinski definition) is 5. The summed E-state index contributed by atoms with van der Waals surface area (Å²) in [6.07, 6.45) is 4.98. The second-order valence-electron chi connectivity index (χ2n) is 7.74. The maximum atomic E-state index is 13.3. The van der Waals surface area contributed by atoms with Crippen LogP contribution in [0.3, 0.4) is 0 Å². The molecule has 1 atom stereocenters. The number of para-hydroxylation sites is 1. The molecular weight excluding hydrogens is 484 g/mol. The topological polar surface area (TPSA) is 78.5 Å². The molecule has 0 unspecified atom stereocenters. The fourth-order valence-electron chi connectivity index (χ4n) is 3.85. The SMILES string of the molecule is CCCc1nc2ccc(Br)cc2c(=O)n1N=Cc1cn([C@H](C)C(=O)OCC)c2ccccc12. The molecule has 33 heavy (non-hydrogen) atoms. The summed E-state index contributed by atoms with van der Waals surface area (Å²) < 4.78 is 9.26. The molecule has 0 N–H and O–H groups in total. The van der Waals surface area contributed by atoms with Crippen molar-refractivity contribution in [2.75, 3.05) is 6.61 Å². The zero-order valence-corrected chi connectivity index (χ0v) is 20.4. The van der Waals surface area contributed by atoms with E-state index in [0.29, 0.717) is 29.8 Å². The summed E-state index contributed by atoms with van der Waals surface area (Å²) in [6, 6.07) is 12.8. The Morgan fingerprint density at radius 2 is 2.00 bits per heavy atom. The van der Waals surface area contributed by atoms with Crippen molar-refractivity contribution in [3.63, 3.8) is 0 Å². The van der Waals surface area contributed by atoms with Crippen LogP contribution in [0.5, 0.6) is 0 Å². The third-order valence-corrected chi connectivity index (χ3v) is 5.97. The number of nitrogens with zero attached hydrogens (tertiary/aromatic N) is 4. The highest BCUT2D eigenvalue weighted by Crippen LogP contribution is 2.24. The number of aryl methyl sites for hydroxylation is 1. The molecule has 0 aliphatic heterocycles. The van der Waals surface area contributed by atoms with Crippen LogP contribution < -0.4 is 5.56 Å². The van der Waals surface area contributed by atoms with Crippen molar-refractivity contribution in [1.29, 1.82) is 0 Å². The summed E-state index contributed by atoms with van der Waals surface area (Å²) in [5.41, 5.74) is 2.12. The van der Waals surface area contributed by atoms with Crippen LogP contribution in [0, 0.1) is 0 Å². The number of hydrogen-bond donors (Lipinski definition) is 0. The molecule has 0 amide bonds. The van der Waals surface area contributed by atoms with Gasteiger partial charge in [0.05, 0.1) is 23.7 Å². The van der Waals surface area contributed by atoms with E-state index in [4.69, 9.17) is 4.74 Å². The predicted octanol–water partition coefficient (Wildman–Crippen LogP) is 5.07. The van der Waals surface area contributed by atoms with Crippen molar-refractivity contribution >= 4 is 49.9 Å². The van der Waals surface area contributed by atoms with Gasteiger partial charge in [0.25, 0.3) is 5.56 Å². The van der Waals surface area contributed by atoms with E-state index in [1.165, 1.54) is 4.68 Å². The maximum absolute atomic E-state index is 13.3. The molecule has 0 radical (unpaired) electrons. The van der Waals surface area contributed by atoms with E-state index in [-0.39, 0.29) is 11.5 Å². The monoisotopic (exact) mass is 508 g/mol. The Kier molecular flexibility index (Phi) is 6.74. The van der Waals surface area contributed by atoms with Gasteiger partial charge in [0.2, 0.25) is 0 Å². The van der Waals surface area contributed by atoms with Crippen molar-refractivity contribution in [1.82, 2.24) is 14.2 Å². The average molecular weight is 509 g/mol. The van der Waals surface area contributed by atoms with Crippen molar-refractivity contribution in [2.24, 2.45) is 5.10 Å². The van der Waals surface area contributed by atoms with Gasteiger partial charge in [-0.1, -0.05) is 41.1 Å². The highest BCUT2D eigenvalue weighted by molar-refractivity contribution is 9.10. The third-order valence-electron chi connectivity index (χ3n) is 5.48. The second-order valence-corrected chi connectivity index (χ2v) is 8.65. The van der Waals surface area contributed by atoms with E-state index in [9.17, 15) is 9.59 Å². The zero-order chi connectivity index (χ0) is 23.5. The number of ether oxygens (including phenoxy) is 1. The van der Waals surface area contributed by atoms with Gasteiger partial charge in [-0.05, 0) is 44.5 Å². The Bertz CT molecular complexity index is 1420. The van der Waals surface area contributed by atoms with Crippen LogP contribution in [0.1, 0.15) is 44.6 Å². The average Bonchev–Trinajstić information content (AvgIpc) is 3.18. The van der Waals surface area contributed by atoms with Crippen molar-refractivity contribution < 1.29 is 9.53 Å². The van der Waals surface area contributed by atoms with E-state index >= 15 is 0 Å². The first-order valence-electron chi connectivity index (χ1n) is 11.0. The summed E-state index contributed by atoms with van der Waals surface area (Å²) in [7, 11) is 0. The normalized spacial score (nSPS) is 12.6. The second kappa shape index (κ2) is 9.70. The number of aromatic nitrogens is 3. The largest absolute Gasteiger partial charge is 0.464 e. The fraction of sp³-hybridized carbons (Fsp3) is 0.280. The molecule has 0 spiro atoms. The van der Waals surface area contributed by atoms with Crippen molar-refractivity contribution in [3.8, 4) is 0 Å². The first-order valence-corrected chi connectivity index (χ1v) is 11.8. The van der Waals surface area contributed by atoms with E-state index in [1.54, 1.807) is 26.1 Å². The molecule has 0 aliphatic carbocycles.